The summed E-state index contributed by atoms with van der Waals surface area (Å²) in [6.07, 6.45) is 6.03. The molecule has 1 aliphatic heterocycles. The maximum absolute atomic E-state index is 12.7. The van der Waals surface area contributed by atoms with E-state index in [9.17, 15) is 8.42 Å². The van der Waals surface area contributed by atoms with Gasteiger partial charge in [0.1, 0.15) is 0 Å². The molecule has 0 aromatic rings. The van der Waals surface area contributed by atoms with E-state index in [-0.39, 0.29) is 6.04 Å². The molecule has 6 heteroatoms. The molecule has 1 saturated heterocycles. The zero-order valence-electron chi connectivity index (χ0n) is 13.3. The van der Waals surface area contributed by atoms with Crippen molar-refractivity contribution in [2.24, 2.45) is 0 Å². The minimum absolute atomic E-state index is 0.204. The van der Waals surface area contributed by atoms with Crippen molar-refractivity contribution < 1.29 is 8.42 Å². The number of hydrogen-bond acceptors (Lipinski definition) is 3. The summed E-state index contributed by atoms with van der Waals surface area (Å²) in [7, 11) is -1.57. The summed E-state index contributed by atoms with van der Waals surface area (Å²) in [5, 5.41) is 3.23. The van der Waals surface area contributed by atoms with Crippen molar-refractivity contribution in [1.29, 1.82) is 0 Å². The van der Waals surface area contributed by atoms with Gasteiger partial charge in [0.2, 0.25) is 0 Å². The van der Waals surface area contributed by atoms with Crippen LogP contribution in [0.15, 0.2) is 0 Å². The summed E-state index contributed by atoms with van der Waals surface area (Å²) in [5.41, 5.74) is 0. The first-order chi connectivity index (χ1) is 9.54. The average molecular weight is 305 g/mol. The Morgan fingerprint density at radius 2 is 2.05 bits per heavy atom. The van der Waals surface area contributed by atoms with E-state index in [0.717, 1.165) is 51.6 Å². The number of piperidine rings is 1. The first-order valence-electron chi connectivity index (χ1n) is 7.97. The van der Waals surface area contributed by atoms with Gasteiger partial charge in [-0.05, 0) is 38.8 Å². The van der Waals surface area contributed by atoms with Crippen LogP contribution in [0.1, 0.15) is 52.4 Å². The summed E-state index contributed by atoms with van der Waals surface area (Å²) < 4.78 is 28.6. The molecule has 1 N–H and O–H groups in total. The van der Waals surface area contributed by atoms with Crippen LogP contribution in [0.2, 0.25) is 0 Å². The van der Waals surface area contributed by atoms with Crippen LogP contribution in [-0.4, -0.2) is 56.3 Å². The lowest BCUT2D eigenvalue weighted by atomic mass is 10.0. The lowest BCUT2D eigenvalue weighted by molar-refractivity contribution is 0.224. The molecule has 0 aromatic heterocycles. The summed E-state index contributed by atoms with van der Waals surface area (Å²) in [4.78, 5) is 0. The van der Waals surface area contributed by atoms with Crippen molar-refractivity contribution >= 4 is 10.2 Å². The van der Waals surface area contributed by atoms with Crippen molar-refractivity contribution in [1.82, 2.24) is 13.9 Å². The lowest BCUT2D eigenvalue weighted by Crippen LogP contribution is -2.49. The molecule has 0 bridgehead atoms. The van der Waals surface area contributed by atoms with Crippen LogP contribution in [0, 0.1) is 0 Å². The number of nitrogens with one attached hydrogen (secondary N) is 1. The quantitative estimate of drug-likeness (QED) is 0.661. The Bertz CT molecular complexity index is 357. The van der Waals surface area contributed by atoms with E-state index in [2.05, 4.69) is 19.2 Å². The van der Waals surface area contributed by atoms with E-state index < -0.39 is 10.2 Å². The summed E-state index contributed by atoms with van der Waals surface area (Å²) in [6.45, 7) is 7.26. The first kappa shape index (κ1) is 17.9. The minimum Gasteiger partial charge on any atom is -0.317 e. The highest BCUT2D eigenvalue weighted by Crippen LogP contribution is 2.25. The lowest BCUT2D eigenvalue weighted by Gasteiger charge is -2.37. The maximum Gasteiger partial charge on any atom is 0.281 e. The molecule has 20 heavy (non-hydrogen) atoms. The Hall–Kier alpha value is -0.170. The normalized spacial score (nSPS) is 21.5. The molecule has 1 heterocycles. The molecule has 0 saturated carbocycles. The molecule has 0 spiro atoms. The van der Waals surface area contributed by atoms with Gasteiger partial charge < -0.3 is 5.32 Å². The highest BCUT2D eigenvalue weighted by atomic mass is 32.2. The van der Waals surface area contributed by atoms with Crippen molar-refractivity contribution in [3.8, 4) is 0 Å². The number of nitrogens with zero attached hydrogens (tertiary/aromatic N) is 2. The SMILES string of the molecule is CCCC1CCCCN1S(=O)(=O)N(C)CCCNCC. The molecule has 0 amide bonds. The maximum atomic E-state index is 12.7. The van der Waals surface area contributed by atoms with Crippen LogP contribution >= 0.6 is 0 Å². The van der Waals surface area contributed by atoms with Crippen LogP contribution in [0.3, 0.4) is 0 Å². The Morgan fingerprint density at radius 1 is 1.30 bits per heavy atom. The molecule has 120 valence electrons. The van der Waals surface area contributed by atoms with Crippen molar-refractivity contribution in [2.75, 3.05) is 33.2 Å². The summed E-state index contributed by atoms with van der Waals surface area (Å²) in [5.74, 6) is 0. The zero-order valence-corrected chi connectivity index (χ0v) is 14.1. The van der Waals surface area contributed by atoms with Gasteiger partial charge in [-0.15, -0.1) is 0 Å². The molecule has 1 fully saturated rings. The standard InChI is InChI=1S/C14H31N3O2S/c1-4-9-14-10-6-7-13-17(14)20(18,19)16(3)12-8-11-15-5-2/h14-15H,4-13H2,1-3H3. The largest absolute Gasteiger partial charge is 0.317 e. The minimum atomic E-state index is -3.28. The number of hydrogen-bond donors (Lipinski definition) is 1. The predicted octanol–water partition coefficient (Wildman–Crippen LogP) is 1.82. The molecule has 1 aliphatic rings. The van der Waals surface area contributed by atoms with Gasteiger partial charge in [-0.3, -0.25) is 0 Å². The Morgan fingerprint density at radius 3 is 2.70 bits per heavy atom. The fraction of sp³-hybridized carbons (Fsp3) is 1.00. The molecule has 1 unspecified atom stereocenters. The molecular formula is C14H31N3O2S. The van der Waals surface area contributed by atoms with Crippen LogP contribution in [0.4, 0.5) is 0 Å². The van der Waals surface area contributed by atoms with Gasteiger partial charge in [-0.2, -0.15) is 17.0 Å². The fourth-order valence-corrected chi connectivity index (χ4v) is 4.46. The van der Waals surface area contributed by atoms with Gasteiger partial charge in [-0.1, -0.05) is 26.7 Å². The van der Waals surface area contributed by atoms with E-state index in [1.807, 2.05) is 0 Å². The van der Waals surface area contributed by atoms with Gasteiger partial charge in [-0.25, -0.2) is 0 Å². The molecule has 1 atom stereocenters. The van der Waals surface area contributed by atoms with Gasteiger partial charge in [0.15, 0.2) is 0 Å². The first-order valence-corrected chi connectivity index (χ1v) is 9.37. The third-order valence-electron chi connectivity index (χ3n) is 3.96. The topological polar surface area (TPSA) is 52.7 Å². The number of rotatable bonds is 9. The van der Waals surface area contributed by atoms with E-state index in [1.165, 1.54) is 4.31 Å². The second-order valence-corrected chi connectivity index (χ2v) is 7.57. The van der Waals surface area contributed by atoms with Crippen molar-refractivity contribution in [3.63, 3.8) is 0 Å². The van der Waals surface area contributed by atoms with Crippen LogP contribution in [0.25, 0.3) is 0 Å². The smallest absolute Gasteiger partial charge is 0.281 e. The summed E-state index contributed by atoms with van der Waals surface area (Å²) in [6, 6.07) is 0.204. The summed E-state index contributed by atoms with van der Waals surface area (Å²) >= 11 is 0. The predicted molar refractivity (Wildman–Crippen MR) is 84.0 cm³/mol. The van der Waals surface area contributed by atoms with E-state index in [4.69, 9.17) is 0 Å². The van der Waals surface area contributed by atoms with E-state index in [1.54, 1.807) is 11.4 Å². The fourth-order valence-electron chi connectivity index (χ4n) is 2.80. The molecule has 0 aliphatic carbocycles. The van der Waals surface area contributed by atoms with E-state index in [0.29, 0.717) is 13.1 Å². The van der Waals surface area contributed by atoms with Gasteiger partial charge in [0.25, 0.3) is 10.2 Å². The third-order valence-corrected chi connectivity index (χ3v) is 6.01. The second kappa shape index (κ2) is 8.97. The van der Waals surface area contributed by atoms with Crippen molar-refractivity contribution in [2.45, 2.75) is 58.4 Å². The Balaban J connectivity index is 2.59. The third kappa shape index (κ3) is 4.98. The molecule has 0 radical (unpaired) electrons. The highest BCUT2D eigenvalue weighted by Gasteiger charge is 2.34. The van der Waals surface area contributed by atoms with Crippen molar-refractivity contribution in [3.05, 3.63) is 0 Å². The Kier molecular flexibility index (Phi) is 8.02. The zero-order chi connectivity index (χ0) is 15.0. The Labute approximate surface area is 124 Å². The van der Waals surface area contributed by atoms with Crippen LogP contribution < -0.4 is 5.32 Å². The van der Waals surface area contributed by atoms with E-state index >= 15 is 0 Å². The average Bonchev–Trinajstić information content (AvgIpc) is 2.44. The second-order valence-electron chi connectivity index (χ2n) is 5.59. The monoisotopic (exact) mass is 305 g/mol. The molecular weight excluding hydrogens is 274 g/mol. The van der Waals surface area contributed by atoms with Gasteiger partial charge in [0, 0.05) is 26.2 Å². The molecule has 1 rings (SSSR count). The molecule has 0 aromatic carbocycles. The van der Waals surface area contributed by atoms with Crippen LogP contribution in [-0.2, 0) is 10.2 Å². The van der Waals surface area contributed by atoms with Gasteiger partial charge >= 0.3 is 0 Å². The van der Waals surface area contributed by atoms with Gasteiger partial charge in [0.05, 0.1) is 0 Å². The molecule has 5 nitrogen and oxygen atoms in total. The van der Waals surface area contributed by atoms with Crippen LogP contribution in [0.5, 0.6) is 0 Å². The highest BCUT2D eigenvalue weighted by molar-refractivity contribution is 7.86.